The van der Waals surface area contributed by atoms with Crippen molar-refractivity contribution >= 4 is 11.7 Å². The lowest BCUT2D eigenvalue weighted by atomic mass is 9.84. The molecular weight excluding hydrogens is 314 g/mol. The quantitative estimate of drug-likeness (QED) is 0.844. The molecule has 132 valence electrons. The summed E-state index contributed by atoms with van der Waals surface area (Å²) in [6.45, 7) is 5.18. The van der Waals surface area contributed by atoms with Gasteiger partial charge in [-0.1, -0.05) is 6.92 Å². The fourth-order valence-corrected chi connectivity index (χ4v) is 4.30. The monoisotopic (exact) mass is 339 g/mol. The minimum atomic E-state index is 0.0838. The summed E-state index contributed by atoms with van der Waals surface area (Å²) >= 11 is 0. The predicted molar refractivity (Wildman–Crippen MR) is 96.1 cm³/mol. The van der Waals surface area contributed by atoms with Gasteiger partial charge in [0.25, 0.3) is 0 Å². The highest BCUT2D eigenvalue weighted by molar-refractivity contribution is 5.99. The number of nitrogens with zero attached hydrogens (tertiary/aromatic N) is 3. The second-order valence-corrected chi connectivity index (χ2v) is 7.23. The molecule has 0 bridgehead atoms. The van der Waals surface area contributed by atoms with Crippen molar-refractivity contribution in [3.05, 3.63) is 41.1 Å². The number of carbonyl (C=O) groups excluding carboxylic acids is 1. The van der Waals surface area contributed by atoms with Crippen molar-refractivity contribution in [2.75, 3.05) is 11.4 Å². The average Bonchev–Trinajstić information content (AvgIpc) is 3.15. The van der Waals surface area contributed by atoms with Crippen molar-refractivity contribution in [1.29, 1.82) is 0 Å². The van der Waals surface area contributed by atoms with Gasteiger partial charge in [0.15, 0.2) is 5.78 Å². The lowest BCUT2D eigenvalue weighted by molar-refractivity contribution is 0.0958. The summed E-state index contributed by atoms with van der Waals surface area (Å²) < 4.78 is 5.54. The molecule has 0 unspecified atom stereocenters. The first-order valence-electron chi connectivity index (χ1n) is 9.38. The number of furan rings is 1. The number of piperidine rings is 1. The second kappa shape index (κ2) is 6.62. The SMILES string of the molecule is CC[C@H]1CCCCN1c1nc(C)c2c(n1)C[C@H](c1ccco1)CC2=O. The van der Waals surface area contributed by atoms with Crippen LogP contribution in [0.2, 0.25) is 0 Å². The molecule has 4 rings (SSSR count). The Kier molecular flexibility index (Phi) is 4.32. The first-order valence-corrected chi connectivity index (χ1v) is 9.38. The molecule has 5 nitrogen and oxygen atoms in total. The van der Waals surface area contributed by atoms with Crippen LogP contribution in [0, 0.1) is 6.92 Å². The minimum absolute atomic E-state index is 0.0838. The number of hydrogen-bond donors (Lipinski definition) is 0. The molecule has 0 radical (unpaired) electrons. The van der Waals surface area contributed by atoms with Gasteiger partial charge in [-0.05, 0) is 44.7 Å². The zero-order chi connectivity index (χ0) is 17.4. The first kappa shape index (κ1) is 16.3. The van der Waals surface area contributed by atoms with Crippen LogP contribution >= 0.6 is 0 Å². The number of anilines is 1. The summed E-state index contributed by atoms with van der Waals surface area (Å²) in [5.74, 6) is 1.90. The molecular formula is C20H25N3O2. The van der Waals surface area contributed by atoms with E-state index in [0.717, 1.165) is 48.0 Å². The van der Waals surface area contributed by atoms with E-state index in [0.29, 0.717) is 12.5 Å². The van der Waals surface area contributed by atoms with E-state index in [4.69, 9.17) is 14.4 Å². The molecule has 3 heterocycles. The molecule has 0 N–H and O–H groups in total. The van der Waals surface area contributed by atoms with Crippen molar-refractivity contribution in [2.45, 2.75) is 64.3 Å². The van der Waals surface area contributed by atoms with E-state index in [9.17, 15) is 4.79 Å². The van der Waals surface area contributed by atoms with Gasteiger partial charge in [0.2, 0.25) is 5.95 Å². The van der Waals surface area contributed by atoms with Gasteiger partial charge >= 0.3 is 0 Å². The Labute approximate surface area is 148 Å². The molecule has 1 aliphatic heterocycles. The molecule has 0 saturated carbocycles. The molecule has 25 heavy (non-hydrogen) atoms. The minimum Gasteiger partial charge on any atom is -0.469 e. The Morgan fingerprint density at radius 1 is 1.28 bits per heavy atom. The first-order chi connectivity index (χ1) is 12.2. The number of aromatic nitrogens is 2. The van der Waals surface area contributed by atoms with E-state index < -0.39 is 0 Å². The number of hydrogen-bond acceptors (Lipinski definition) is 5. The third-order valence-corrected chi connectivity index (χ3v) is 5.60. The lowest BCUT2D eigenvalue weighted by Gasteiger charge is -2.36. The van der Waals surface area contributed by atoms with E-state index in [1.165, 1.54) is 19.3 Å². The molecule has 5 heteroatoms. The Balaban J connectivity index is 1.70. The molecule has 2 aliphatic rings. The fraction of sp³-hybridized carbons (Fsp3) is 0.550. The van der Waals surface area contributed by atoms with Crippen LogP contribution in [0.15, 0.2) is 22.8 Å². The fourth-order valence-electron chi connectivity index (χ4n) is 4.30. The van der Waals surface area contributed by atoms with Crippen LogP contribution in [0.5, 0.6) is 0 Å². The van der Waals surface area contributed by atoms with Crippen LogP contribution in [-0.4, -0.2) is 28.3 Å². The zero-order valence-electron chi connectivity index (χ0n) is 15.0. The normalized spacial score (nSPS) is 23.6. The zero-order valence-corrected chi connectivity index (χ0v) is 15.0. The molecule has 0 spiro atoms. The van der Waals surface area contributed by atoms with Crippen LogP contribution < -0.4 is 4.90 Å². The van der Waals surface area contributed by atoms with Crippen LogP contribution in [0.3, 0.4) is 0 Å². The third kappa shape index (κ3) is 2.96. The topological polar surface area (TPSA) is 59.2 Å². The highest BCUT2D eigenvalue weighted by atomic mass is 16.3. The standard InChI is InChI=1S/C20H25N3O2/c1-3-15-7-4-5-9-23(15)20-21-13(2)19-16(22-20)11-14(12-17(19)24)18-8-6-10-25-18/h6,8,10,14-15H,3-5,7,9,11-12H2,1-2H3/t14-,15-/m0/s1. The van der Waals surface area contributed by atoms with Gasteiger partial charge in [0.05, 0.1) is 23.2 Å². The molecule has 2 atom stereocenters. The third-order valence-electron chi connectivity index (χ3n) is 5.60. The van der Waals surface area contributed by atoms with Gasteiger partial charge in [-0.15, -0.1) is 0 Å². The highest BCUT2D eigenvalue weighted by Gasteiger charge is 2.32. The van der Waals surface area contributed by atoms with E-state index in [1.54, 1.807) is 6.26 Å². The van der Waals surface area contributed by atoms with Crippen LogP contribution in [0.25, 0.3) is 0 Å². The van der Waals surface area contributed by atoms with Crippen LogP contribution in [0.4, 0.5) is 5.95 Å². The van der Waals surface area contributed by atoms with E-state index in [1.807, 2.05) is 19.1 Å². The number of Topliss-reactive ketones (excluding diaryl/α,β-unsaturated/α-hetero) is 1. The van der Waals surface area contributed by atoms with E-state index in [-0.39, 0.29) is 11.7 Å². The maximum atomic E-state index is 12.7. The van der Waals surface area contributed by atoms with Crippen molar-refractivity contribution in [2.24, 2.45) is 0 Å². The van der Waals surface area contributed by atoms with E-state index >= 15 is 0 Å². The molecule has 1 aliphatic carbocycles. The average molecular weight is 339 g/mol. The summed E-state index contributed by atoms with van der Waals surface area (Å²) in [4.78, 5) is 24.6. The lowest BCUT2D eigenvalue weighted by Crippen LogP contribution is -2.40. The molecule has 2 aromatic heterocycles. The molecule has 2 aromatic rings. The number of rotatable bonds is 3. The van der Waals surface area contributed by atoms with Crippen LogP contribution in [0.1, 0.15) is 72.5 Å². The van der Waals surface area contributed by atoms with Crippen molar-refractivity contribution < 1.29 is 9.21 Å². The molecule has 1 saturated heterocycles. The maximum absolute atomic E-state index is 12.7. The predicted octanol–water partition coefficient (Wildman–Crippen LogP) is 4.06. The summed E-state index contributed by atoms with van der Waals surface area (Å²) in [6.07, 6.45) is 7.66. The number of carbonyl (C=O) groups is 1. The molecule has 1 fully saturated rings. The number of ketones is 1. The Morgan fingerprint density at radius 2 is 2.16 bits per heavy atom. The summed E-state index contributed by atoms with van der Waals surface area (Å²) in [5.41, 5.74) is 2.44. The molecule has 0 amide bonds. The van der Waals surface area contributed by atoms with Crippen molar-refractivity contribution in [3.8, 4) is 0 Å². The van der Waals surface area contributed by atoms with Gasteiger partial charge in [-0.25, -0.2) is 9.97 Å². The Morgan fingerprint density at radius 3 is 2.92 bits per heavy atom. The number of fused-ring (bicyclic) bond motifs is 1. The number of aryl methyl sites for hydroxylation is 1. The Bertz CT molecular complexity index is 769. The van der Waals surface area contributed by atoms with Gasteiger partial charge in [0.1, 0.15) is 5.76 Å². The van der Waals surface area contributed by atoms with Crippen LogP contribution in [-0.2, 0) is 6.42 Å². The van der Waals surface area contributed by atoms with Gasteiger partial charge in [-0.3, -0.25) is 4.79 Å². The summed E-state index contributed by atoms with van der Waals surface area (Å²) in [5, 5.41) is 0. The smallest absolute Gasteiger partial charge is 0.226 e. The van der Waals surface area contributed by atoms with Crippen molar-refractivity contribution in [1.82, 2.24) is 9.97 Å². The summed E-state index contributed by atoms with van der Waals surface area (Å²) in [7, 11) is 0. The van der Waals surface area contributed by atoms with E-state index in [2.05, 4.69) is 11.8 Å². The Hall–Kier alpha value is -2.17. The largest absolute Gasteiger partial charge is 0.469 e. The van der Waals surface area contributed by atoms with Gasteiger partial charge in [-0.2, -0.15) is 0 Å². The summed E-state index contributed by atoms with van der Waals surface area (Å²) in [6, 6.07) is 4.34. The maximum Gasteiger partial charge on any atom is 0.226 e. The van der Waals surface area contributed by atoms with Crippen molar-refractivity contribution in [3.63, 3.8) is 0 Å². The highest BCUT2D eigenvalue weighted by Crippen LogP contribution is 2.34. The second-order valence-electron chi connectivity index (χ2n) is 7.23. The molecule has 0 aromatic carbocycles. The van der Waals surface area contributed by atoms with Gasteiger partial charge < -0.3 is 9.32 Å². The van der Waals surface area contributed by atoms with Gasteiger partial charge in [0, 0.05) is 31.3 Å².